The van der Waals surface area contributed by atoms with E-state index in [2.05, 4.69) is 9.80 Å². The summed E-state index contributed by atoms with van der Waals surface area (Å²) in [7, 11) is 0. The van der Waals surface area contributed by atoms with E-state index in [1.807, 2.05) is 36.4 Å². The molecule has 0 bridgehead atoms. The average Bonchev–Trinajstić information content (AvgIpc) is 3.21. The van der Waals surface area contributed by atoms with Crippen molar-refractivity contribution in [1.82, 2.24) is 9.80 Å². The number of carboxylic acid groups (broad SMARTS) is 1. The number of ether oxygens (including phenoxy) is 2. The van der Waals surface area contributed by atoms with Gasteiger partial charge in [-0.2, -0.15) is 0 Å². The molecule has 0 spiro atoms. The fraction of sp³-hybridized carbons (Fsp3) is 0.349. The second-order valence-corrected chi connectivity index (χ2v) is 15.9. The summed E-state index contributed by atoms with van der Waals surface area (Å²) in [5.41, 5.74) is 19.2. The van der Waals surface area contributed by atoms with Crippen molar-refractivity contribution < 1.29 is 33.8 Å². The second kappa shape index (κ2) is 24.0. The monoisotopic (exact) mass is 887 g/mol. The smallest absolute Gasteiger partial charge is 0.341 e. The van der Waals surface area contributed by atoms with E-state index >= 15 is 0 Å². The highest BCUT2D eigenvalue weighted by Gasteiger charge is 2.22. The number of nitrogens with zero attached hydrogens (tertiary/aromatic N) is 2. The Kier molecular flexibility index (Phi) is 19.2. The molecular weight excluding hydrogens is 840 g/mol. The van der Waals surface area contributed by atoms with Crippen LogP contribution in [0.15, 0.2) is 84.9 Å². The molecule has 4 aromatic carbocycles. The molecule has 4 aromatic rings. The van der Waals surface area contributed by atoms with Crippen LogP contribution in [0.1, 0.15) is 63.9 Å². The lowest BCUT2D eigenvalue weighted by Crippen LogP contribution is -2.39. The Morgan fingerprint density at radius 2 is 1.00 bits per heavy atom. The van der Waals surface area contributed by atoms with Gasteiger partial charge >= 0.3 is 5.97 Å². The predicted octanol–water partition coefficient (Wildman–Crippen LogP) is 7.51. The van der Waals surface area contributed by atoms with Gasteiger partial charge in [-0.05, 0) is 142 Å². The molecule has 2 amide bonds. The Bertz CT molecular complexity index is 2000. The van der Waals surface area contributed by atoms with Gasteiger partial charge in [-0.3, -0.25) is 24.2 Å². The van der Waals surface area contributed by atoms with E-state index in [0.717, 1.165) is 70.5 Å². The van der Waals surface area contributed by atoms with Gasteiger partial charge in [0.2, 0.25) is 11.8 Å². The summed E-state index contributed by atoms with van der Waals surface area (Å²) in [6.45, 7) is 5.45. The quantitative estimate of drug-likeness (QED) is 0.0986. The fourth-order valence-electron chi connectivity index (χ4n) is 6.37. The maximum absolute atomic E-state index is 12.3. The van der Waals surface area contributed by atoms with E-state index in [0.29, 0.717) is 61.1 Å². The van der Waals surface area contributed by atoms with Gasteiger partial charge in [-0.15, -0.1) is 0 Å². The number of amides is 2. The lowest BCUT2D eigenvalue weighted by atomic mass is 9.91. The normalized spacial score (nSPS) is 14.9. The molecule has 0 unspecified atom stereocenters. The molecule has 7 N–H and O–H groups in total. The Balaban J connectivity index is 0.000000216. The third-order valence-electron chi connectivity index (χ3n) is 9.68. The summed E-state index contributed by atoms with van der Waals surface area (Å²) >= 11 is 23.9. The lowest BCUT2D eigenvalue weighted by Gasteiger charge is -2.31. The van der Waals surface area contributed by atoms with Crippen LogP contribution in [0.2, 0.25) is 20.1 Å². The van der Waals surface area contributed by atoms with Crippen molar-refractivity contribution in [2.24, 2.45) is 23.1 Å². The van der Waals surface area contributed by atoms with Gasteiger partial charge in [0.25, 0.3) is 0 Å². The first-order valence-corrected chi connectivity index (χ1v) is 20.5. The Morgan fingerprint density at radius 1 is 0.593 bits per heavy atom. The second-order valence-electron chi connectivity index (χ2n) is 14.3. The van der Waals surface area contributed by atoms with Crippen molar-refractivity contribution in [3.63, 3.8) is 0 Å². The van der Waals surface area contributed by atoms with Crippen molar-refractivity contribution in [3.05, 3.63) is 127 Å². The number of aliphatic carboxylic acids is 1. The highest BCUT2D eigenvalue weighted by molar-refractivity contribution is 6.42. The van der Waals surface area contributed by atoms with Gasteiger partial charge in [-0.25, -0.2) is 4.79 Å². The van der Waals surface area contributed by atoms with Gasteiger partial charge in [0, 0.05) is 36.7 Å². The standard InChI is InChI=1S/C22H24Cl2N2O3.C12H16Cl2N2.C9H9NO4/c23-20-6-1-16(12-21(20)24)13-26-9-7-15(8-10-26)11-18(27)14-29-19-4-2-17(3-5-19)22(25)28;13-11-2-1-9(7-12(11)14)8-16-5-3-10(15)4-6-16;10-9(13)6-1-3-7(4-2-6)14-5-8(11)12/h1-6,12,15H,7-11,13-14H2,(H2,25,28);1-2,7,10H,3-6,8,15H2;1-4H,5H2,(H2,10,13)(H,11,12). The minimum Gasteiger partial charge on any atom is -0.486 e. The largest absolute Gasteiger partial charge is 0.486 e. The Labute approximate surface area is 364 Å². The fourth-order valence-corrected chi connectivity index (χ4v) is 7.01. The molecule has 0 atom stereocenters. The zero-order valence-electron chi connectivity index (χ0n) is 32.5. The number of hydrogen-bond acceptors (Lipinski definition) is 9. The number of carboxylic acids is 1. The highest BCUT2D eigenvalue weighted by atomic mass is 35.5. The van der Waals surface area contributed by atoms with Gasteiger partial charge in [0.05, 0.1) is 20.1 Å². The number of benzene rings is 4. The van der Waals surface area contributed by atoms with E-state index in [1.54, 1.807) is 24.3 Å². The molecule has 0 aliphatic carbocycles. The number of hydrogen-bond donors (Lipinski definition) is 4. The van der Waals surface area contributed by atoms with Crippen LogP contribution in [0.25, 0.3) is 0 Å². The Morgan fingerprint density at radius 3 is 1.39 bits per heavy atom. The molecular formula is C43H49Cl4N5O7. The van der Waals surface area contributed by atoms with Gasteiger partial charge in [-0.1, -0.05) is 58.5 Å². The number of likely N-dealkylation sites (tertiary alicyclic amines) is 2. The van der Waals surface area contributed by atoms with Crippen molar-refractivity contribution in [3.8, 4) is 11.5 Å². The summed E-state index contributed by atoms with van der Waals surface area (Å²) in [4.78, 5) is 48.9. The zero-order valence-corrected chi connectivity index (χ0v) is 35.5. The number of nitrogens with two attached hydrogens (primary N) is 3. The van der Waals surface area contributed by atoms with Crippen LogP contribution in [-0.4, -0.2) is 83.9 Å². The molecule has 2 saturated heterocycles. The molecule has 12 nitrogen and oxygen atoms in total. The van der Waals surface area contributed by atoms with E-state index < -0.39 is 24.4 Å². The maximum Gasteiger partial charge on any atom is 0.341 e. The Hall–Kier alpha value is -4.40. The summed E-state index contributed by atoms with van der Waals surface area (Å²) in [5.74, 6) is -0.658. The lowest BCUT2D eigenvalue weighted by molar-refractivity contribution is -0.139. The maximum atomic E-state index is 12.3. The first-order valence-electron chi connectivity index (χ1n) is 19.0. The number of rotatable bonds is 14. The number of carbonyl (C=O) groups is 4. The molecule has 2 aliphatic rings. The molecule has 2 aliphatic heterocycles. The van der Waals surface area contributed by atoms with E-state index in [-0.39, 0.29) is 12.4 Å². The number of halogens is 4. The van der Waals surface area contributed by atoms with E-state index in [1.165, 1.54) is 29.8 Å². The van der Waals surface area contributed by atoms with Crippen LogP contribution in [0.5, 0.6) is 11.5 Å². The first-order chi connectivity index (χ1) is 28.1. The molecule has 2 heterocycles. The topological polar surface area (TPSA) is 192 Å². The van der Waals surface area contributed by atoms with Gasteiger partial charge < -0.3 is 31.8 Å². The van der Waals surface area contributed by atoms with Crippen LogP contribution in [0, 0.1) is 5.92 Å². The first kappa shape index (κ1) is 47.3. The minimum absolute atomic E-state index is 0.0411. The molecule has 6 rings (SSSR count). The van der Waals surface area contributed by atoms with Crippen LogP contribution < -0.4 is 26.7 Å². The third-order valence-corrected chi connectivity index (χ3v) is 11.2. The van der Waals surface area contributed by atoms with Gasteiger partial charge in [0.1, 0.15) is 18.1 Å². The summed E-state index contributed by atoms with van der Waals surface area (Å²) in [5, 5.41) is 10.7. The van der Waals surface area contributed by atoms with Crippen LogP contribution in [-0.2, 0) is 22.7 Å². The highest BCUT2D eigenvalue weighted by Crippen LogP contribution is 2.27. The molecule has 0 saturated carbocycles. The van der Waals surface area contributed by atoms with Crippen LogP contribution >= 0.6 is 46.4 Å². The van der Waals surface area contributed by atoms with Crippen molar-refractivity contribution in [2.45, 2.75) is 51.2 Å². The molecule has 316 valence electrons. The molecule has 0 radical (unpaired) electrons. The van der Waals surface area contributed by atoms with Crippen molar-refractivity contribution in [2.75, 3.05) is 39.4 Å². The summed E-state index contributed by atoms with van der Waals surface area (Å²) in [6.07, 6.45) is 4.67. The molecule has 59 heavy (non-hydrogen) atoms. The van der Waals surface area contributed by atoms with Crippen molar-refractivity contribution in [1.29, 1.82) is 0 Å². The summed E-state index contributed by atoms with van der Waals surface area (Å²) in [6, 6.07) is 24.3. The minimum atomic E-state index is -1.05. The van der Waals surface area contributed by atoms with Crippen molar-refractivity contribution >= 4 is 70.0 Å². The SMILES string of the molecule is NC(=O)c1ccc(OCC(=O)CC2CCN(Cc3ccc(Cl)c(Cl)c3)CC2)cc1.NC(=O)c1ccc(OCC(=O)O)cc1.NC1CCN(Cc2ccc(Cl)c(Cl)c2)CC1. The number of ketones is 1. The van der Waals surface area contributed by atoms with Gasteiger partial charge in [0.15, 0.2) is 12.4 Å². The third kappa shape index (κ3) is 17.0. The molecule has 0 aromatic heterocycles. The van der Waals surface area contributed by atoms with E-state index in [4.69, 9.17) is 78.2 Å². The number of carbonyl (C=O) groups excluding carboxylic acids is 3. The van der Waals surface area contributed by atoms with Crippen LogP contribution in [0.3, 0.4) is 0 Å². The molecule has 16 heteroatoms. The molecule has 2 fully saturated rings. The zero-order chi connectivity index (χ0) is 42.9. The van der Waals surface area contributed by atoms with E-state index in [9.17, 15) is 19.2 Å². The van der Waals surface area contributed by atoms with Crippen LogP contribution in [0.4, 0.5) is 0 Å². The summed E-state index contributed by atoms with van der Waals surface area (Å²) < 4.78 is 10.4. The average molecular weight is 890 g/mol. The predicted molar refractivity (Wildman–Crippen MR) is 232 cm³/mol. The number of piperidine rings is 2. The number of Topliss-reactive ketones (excluding diaryl/α,β-unsaturated/α-hetero) is 1. The number of primary amides is 2.